The van der Waals surface area contributed by atoms with Crippen molar-refractivity contribution in [2.45, 2.75) is 64.4 Å². The van der Waals surface area contributed by atoms with Gasteiger partial charge < -0.3 is 9.47 Å². The predicted octanol–water partition coefficient (Wildman–Crippen LogP) is 8.78. The Morgan fingerprint density at radius 2 is 1.02 bits per heavy atom. The molecule has 0 radical (unpaired) electrons. The highest BCUT2D eigenvalue weighted by molar-refractivity contribution is 6.22. The highest BCUT2D eigenvalue weighted by atomic mass is 16.5. The summed E-state index contributed by atoms with van der Waals surface area (Å²) < 4.78 is 10.6. The fourth-order valence-corrected chi connectivity index (χ4v) is 4.97. The number of rotatable bonds is 13. The lowest BCUT2D eigenvalue weighted by atomic mass is 9.81. The van der Waals surface area contributed by atoms with Crippen LogP contribution in [0.5, 0.6) is 5.75 Å². The van der Waals surface area contributed by atoms with Gasteiger partial charge in [-0.2, -0.15) is 0 Å². The van der Waals surface area contributed by atoms with E-state index in [0.717, 1.165) is 18.4 Å². The van der Waals surface area contributed by atoms with E-state index in [4.69, 9.17) is 9.47 Å². The zero-order valence-electron chi connectivity index (χ0n) is 27.7. The SMILES string of the molecule is CCCCC(OC)(C(=O)c1ccccc1)C(=O)c1ccccc1.COc1ccc(C(=O)CC(=O)c2ccc(C(C)(C)C)cc2)cc1. The molecule has 4 rings (SSSR count). The highest BCUT2D eigenvalue weighted by Crippen LogP contribution is 2.29. The van der Waals surface area contributed by atoms with Crippen molar-refractivity contribution in [3.8, 4) is 5.75 Å². The predicted molar refractivity (Wildman–Crippen MR) is 182 cm³/mol. The highest BCUT2D eigenvalue weighted by Gasteiger charge is 2.46. The number of unbranched alkanes of at least 4 members (excludes halogenated alkanes) is 1. The third kappa shape index (κ3) is 9.18. The molecule has 4 aromatic carbocycles. The molecule has 240 valence electrons. The van der Waals surface area contributed by atoms with Gasteiger partial charge in [-0.3, -0.25) is 19.2 Å². The number of Topliss-reactive ketones (excluding diaryl/α,β-unsaturated/α-hetero) is 4. The van der Waals surface area contributed by atoms with Gasteiger partial charge in [-0.05, 0) is 48.1 Å². The summed E-state index contributed by atoms with van der Waals surface area (Å²) in [6.07, 6.45) is 1.88. The zero-order valence-corrected chi connectivity index (χ0v) is 27.7. The zero-order chi connectivity index (χ0) is 33.7. The average molecular weight is 621 g/mol. The number of hydrogen-bond donors (Lipinski definition) is 0. The van der Waals surface area contributed by atoms with Crippen LogP contribution in [0, 0.1) is 0 Å². The first kappa shape index (κ1) is 35.8. The molecule has 0 aromatic heterocycles. The van der Waals surface area contributed by atoms with Crippen LogP contribution in [0.3, 0.4) is 0 Å². The first-order chi connectivity index (χ1) is 22.0. The summed E-state index contributed by atoms with van der Waals surface area (Å²) in [5.41, 5.74) is 1.82. The average Bonchev–Trinajstić information content (AvgIpc) is 3.09. The van der Waals surface area contributed by atoms with E-state index in [9.17, 15) is 19.2 Å². The smallest absolute Gasteiger partial charge is 0.202 e. The second-order valence-electron chi connectivity index (χ2n) is 12.1. The molecule has 0 N–H and O–H groups in total. The number of carbonyl (C=O) groups is 4. The Hall–Kier alpha value is -4.68. The van der Waals surface area contributed by atoms with Crippen LogP contribution in [0.15, 0.2) is 109 Å². The Morgan fingerprint density at radius 3 is 1.39 bits per heavy atom. The summed E-state index contributed by atoms with van der Waals surface area (Å²) >= 11 is 0. The second kappa shape index (κ2) is 16.6. The minimum absolute atomic E-state index is 0.0422. The topological polar surface area (TPSA) is 86.7 Å². The van der Waals surface area contributed by atoms with Gasteiger partial charge in [-0.15, -0.1) is 0 Å². The molecule has 6 nitrogen and oxygen atoms in total. The van der Waals surface area contributed by atoms with E-state index in [0.29, 0.717) is 34.4 Å². The number of ketones is 4. The number of carbonyl (C=O) groups excluding carboxylic acids is 4. The van der Waals surface area contributed by atoms with Crippen molar-refractivity contribution in [1.29, 1.82) is 0 Å². The van der Waals surface area contributed by atoms with Gasteiger partial charge in [0.25, 0.3) is 0 Å². The molecule has 46 heavy (non-hydrogen) atoms. The molecule has 0 aliphatic heterocycles. The van der Waals surface area contributed by atoms with E-state index in [1.54, 1.807) is 92.0 Å². The maximum absolute atomic E-state index is 13.1. The summed E-state index contributed by atoms with van der Waals surface area (Å²) in [5.74, 6) is -0.208. The second-order valence-corrected chi connectivity index (χ2v) is 12.1. The molecule has 4 aromatic rings. The van der Waals surface area contributed by atoms with Crippen molar-refractivity contribution in [3.63, 3.8) is 0 Å². The number of hydrogen-bond acceptors (Lipinski definition) is 6. The lowest BCUT2D eigenvalue weighted by Crippen LogP contribution is -2.48. The van der Waals surface area contributed by atoms with Crippen molar-refractivity contribution in [3.05, 3.63) is 137 Å². The van der Waals surface area contributed by atoms with Crippen LogP contribution in [0.25, 0.3) is 0 Å². The Balaban J connectivity index is 0.000000250. The Labute approximate surface area is 272 Å². The molecule has 0 unspecified atom stereocenters. The number of ether oxygens (including phenoxy) is 2. The van der Waals surface area contributed by atoms with Crippen LogP contribution in [-0.2, 0) is 10.2 Å². The monoisotopic (exact) mass is 620 g/mol. The molecule has 0 fully saturated rings. The van der Waals surface area contributed by atoms with Crippen LogP contribution >= 0.6 is 0 Å². The maximum Gasteiger partial charge on any atom is 0.202 e. The van der Waals surface area contributed by atoms with Gasteiger partial charge in [0, 0.05) is 29.4 Å². The Morgan fingerprint density at radius 1 is 0.587 bits per heavy atom. The summed E-state index contributed by atoms with van der Waals surface area (Å²) in [4.78, 5) is 50.6. The van der Waals surface area contributed by atoms with Gasteiger partial charge in [-0.1, -0.05) is 119 Å². The van der Waals surface area contributed by atoms with Crippen LogP contribution in [0.2, 0.25) is 0 Å². The summed E-state index contributed by atoms with van der Waals surface area (Å²) in [6, 6.07) is 32.0. The van der Waals surface area contributed by atoms with Crippen LogP contribution in [0.4, 0.5) is 0 Å². The largest absolute Gasteiger partial charge is 0.497 e. The summed E-state index contributed by atoms with van der Waals surface area (Å²) in [6.45, 7) is 8.39. The molecule has 0 heterocycles. The molecule has 0 bridgehead atoms. The molecule has 0 saturated heterocycles. The fraction of sp³-hybridized carbons (Fsp3) is 0.300. The quantitative estimate of drug-likeness (QED) is 0.110. The van der Waals surface area contributed by atoms with Crippen LogP contribution in [0.1, 0.15) is 100 Å². The van der Waals surface area contributed by atoms with Gasteiger partial charge in [-0.25, -0.2) is 0 Å². The van der Waals surface area contributed by atoms with Gasteiger partial charge in [0.2, 0.25) is 11.6 Å². The van der Waals surface area contributed by atoms with E-state index in [1.807, 2.05) is 31.2 Å². The molecular formula is C40H44O6. The Bertz CT molecular complexity index is 1530. The fourth-order valence-electron chi connectivity index (χ4n) is 4.97. The molecule has 0 aliphatic carbocycles. The number of benzene rings is 4. The van der Waals surface area contributed by atoms with E-state index in [2.05, 4.69) is 20.8 Å². The third-order valence-electron chi connectivity index (χ3n) is 7.84. The van der Waals surface area contributed by atoms with Gasteiger partial charge in [0.1, 0.15) is 5.75 Å². The molecule has 6 heteroatoms. The Kier molecular flexibility index (Phi) is 12.9. The van der Waals surface area contributed by atoms with E-state index < -0.39 is 5.60 Å². The first-order valence-electron chi connectivity index (χ1n) is 15.5. The minimum atomic E-state index is -1.46. The molecule has 0 atom stereocenters. The van der Waals surface area contributed by atoms with Crippen molar-refractivity contribution < 1.29 is 28.7 Å². The lowest BCUT2D eigenvalue weighted by molar-refractivity contribution is 0.00383. The van der Waals surface area contributed by atoms with Crippen molar-refractivity contribution in [1.82, 2.24) is 0 Å². The third-order valence-corrected chi connectivity index (χ3v) is 7.84. The van der Waals surface area contributed by atoms with Crippen molar-refractivity contribution in [2.24, 2.45) is 0 Å². The van der Waals surface area contributed by atoms with Crippen LogP contribution < -0.4 is 4.74 Å². The van der Waals surface area contributed by atoms with Crippen molar-refractivity contribution >= 4 is 23.1 Å². The van der Waals surface area contributed by atoms with E-state index >= 15 is 0 Å². The summed E-state index contributed by atoms with van der Waals surface area (Å²) in [5, 5.41) is 0. The van der Waals surface area contributed by atoms with Gasteiger partial charge in [0.05, 0.1) is 13.5 Å². The standard InChI is InChI=1S/2C20H22O3/c1-20(2,3)16-9-5-14(6-10-16)18(21)13-19(22)15-7-11-17(23-4)12-8-15;1-3-4-15-20(23-2,18(21)16-11-7-5-8-12-16)19(22)17-13-9-6-10-14-17/h5-12H,13H2,1-4H3;5-14H,3-4,15H2,1-2H3. The lowest BCUT2D eigenvalue weighted by Gasteiger charge is -2.29. The van der Waals surface area contributed by atoms with E-state index in [-0.39, 0.29) is 35.0 Å². The normalized spacial score (nSPS) is 11.2. The molecule has 0 amide bonds. The number of methoxy groups -OCH3 is 2. The summed E-state index contributed by atoms with van der Waals surface area (Å²) in [7, 11) is 3.01. The first-order valence-corrected chi connectivity index (χ1v) is 15.5. The molecule has 0 spiro atoms. The maximum atomic E-state index is 13.1. The minimum Gasteiger partial charge on any atom is -0.497 e. The van der Waals surface area contributed by atoms with Crippen LogP contribution in [-0.4, -0.2) is 43.0 Å². The van der Waals surface area contributed by atoms with Crippen molar-refractivity contribution in [2.75, 3.05) is 14.2 Å². The molecular weight excluding hydrogens is 576 g/mol. The van der Waals surface area contributed by atoms with E-state index in [1.165, 1.54) is 7.11 Å². The van der Waals surface area contributed by atoms with Gasteiger partial charge >= 0.3 is 0 Å². The molecule has 0 saturated carbocycles. The van der Waals surface area contributed by atoms with Gasteiger partial charge in [0.15, 0.2) is 17.2 Å². The molecule has 0 aliphatic rings.